The Balaban J connectivity index is 1.69. The highest BCUT2D eigenvalue weighted by Crippen LogP contribution is 2.73. The highest BCUT2D eigenvalue weighted by atomic mass is 16.5. The number of aliphatic hydroxyl groups is 2. The molecule has 0 saturated heterocycles. The van der Waals surface area contributed by atoms with E-state index in [-0.39, 0.29) is 35.2 Å². The fraction of sp³-hybridized carbons (Fsp3) is 0.818. The van der Waals surface area contributed by atoms with E-state index in [0.29, 0.717) is 12.8 Å². The van der Waals surface area contributed by atoms with Crippen LogP contribution in [0.15, 0.2) is 11.6 Å². The molecule has 0 aromatic carbocycles. The number of carbonyl (C=O) groups excluding carboxylic acids is 2. The molecule has 4 aliphatic rings. The van der Waals surface area contributed by atoms with E-state index in [2.05, 4.69) is 13.0 Å². The third kappa shape index (κ3) is 2.37. The molecule has 3 fully saturated rings. The molecular formula is C22H32O5. The van der Waals surface area contributed by atoms with Gasteiger partial charge in [0.05, 0.1) is 11.5 Å². The lowest BCUT2D eigenvalue weighted by Gasteiger charge is -2.65. The summed E-state index contributed by atoms with van der Waals surface area (Å²) in [5.41, 5.74) is -0.321. The van der Waals surface area contributed by atoms with Crippen LogP contribution in [0.3, 0.4) is 0 Å². The van der Waals surface area contributed by atoms with E-state index in [1.54, 1.807) is 0 Å². The molecule has 5 heteroatoms. The van der Waals surface area contributed by atoms with Gasteiger partial charge in [-0.3, -0.25) is 4.79 Å². The molecule has 0 radical (unpaired) electrons. The van der Waals surface area contributed by atoms with E-state index < -0.39 is 17.1 Å². The van der Waals surface area contributed by atoms with Crippen molar-refractivity contribution in [3.05, 3.63) is 11.6 Å². The van der Waals surface area contributed by atoms with Gasteiger partial charge in [-0.25, -0.2) is 0 Å². The van der Waals surface area contributed by atoms with Crippen LogP contribution in [0, 0.1) is 28.1 Å². The first-order valence-electron chi connectivity index (χ1n) is 10.3. The SMILES string of the molecule is CC(=O)OCC1(O)CCC23CC1C=C2CCC1C(C)(C=O)C(O)CCC13C. The number of hydrogen-bond acceptors (Lipinski definition) is 5. The van der Waals surface area contributed by atoms with E-state index in [1.165, 1.54) is 12.5 Å². The van der Waals surface area contributed by atoms with Gasteiger partial charge in [-0.1, -0.05) is 25.5 Å². The largest absolute Gasteiger partial charge is 0.463 e. The molecule has 3 saturated carbocycles. The Bertz CT molecular complexity index is 701. The molecule has 7 unspecified atom stereocenters. The molecule has 2 N–H and O–H groups in total. The predicted octanol–water partition coefficient (Wildman–Crippen LogP) is 2.78. The van der Waals surface area contributed by atoms with Gasteiger partial charge in [-0.15, -0.1) is 0 Å². The van der Waals surface area contributed by atoms with Crippen LogP contribution in [-0.2, 0) is 14.3 Å². The summed E-state index contributed by atoms with van der Waals surface area (Å²) in [4.78, 5) is 23.3. The van der Waals surface area contributed by atoms with Crippen LogP contribution in [-0.4, -0.2) is 40.8 Å². The van der Waals surface area contributed by atoms with Gasteiger partial charge in [0.15, 0.2) is 0 Å². The smallest absolute Gasteiger partial charge is 0.302 e. The maximum atomic E-state index is 12.0. The number of aldehydes is 1. The summed E-state index contributed by atoms with van der Waals surface area (Å²) in [5.74, 6) is -0.214. The van der Waals surface area contributed by atoms with Crippen LogP contribution in [0.5, 0.6) is 0 Å². The van der Waals surface area contributed by atoms with E-state index in [0.717, 1.165) is 38.4 Å². The third-order valence-corrected chi connectivity index (χ3v) is 9.01. The van der Waals surface area contributed by atoms with Gasteiger partial charge in [0.1, 0.15) is 18.5 Å². The van der Waals surface area contributed by atoms with Crippen LogP contribution in [0.2, 0.25) is 0 Å². The Kier molecular flexibility index (Phi) is 4.18. The topological polar surface area (TPSA) is 83.8 Å². The van der Waals surface area contributed by atoms with Gasteiger partial charge < -0.3 is 19.7 Å². The lowest BCUT2D eigenvalue weighted by atomic mass is 9.39. The van der Waals surface area contributed by atoms with Gasteiger partial charge >= 0.3 is 5.97 Å². The lowest BCUT2D eigenvalue weighted by Crippen LogP contribution is -2.62. The average Bonchev–Trinajstić information content (AvgIpc) is 2.98. The Labute approximate surface area is 161 Å². The molecule has 0 heterocycles. The number of carbonyl (C=O) groups is 2. The van der Waals surface area contributed by atoms with Crippen molar-refractivity contribution in [3.8, 4) is 0 Å². The van der Waals surface area contributed by atoms with Gasteiger partial charge in [-0.05, 0) is 61.7 Å². The van der Waals surface area contributed by atoms with Crippen molar-refractivity contribution in [1.29, 1.82) is 0 Å². The molecule has 5 nitrogen and oxygen atoms in total. The van der Waals surface area contributed by atoms with Crippen molar-refractivity contribution in [2.75, 3.05) is 6.61 Å². The summed E-state index contributed by atoms with van der Waals surface area (Å²) < 4.78 is 5.18. The zero-order valence-electron chi connectivity index (χ0n) is 16.7. The minimum absolute atomic E-state index is 0.00650. The molecule has 4 aliphatic carbocycles. The number of rotatable bonds is 3. The van der Waals surface area contributed by atoms with E-state index in [4.69, 9.17) is 4.74 Å². The van der Waals surface area contributed by atoms with Crippen LogP contribution in [0.4, 0.5) is 0 Å². The first-order chi connectivity index (χ1) is 12.6. The maximum absolute atomic E-state index is 12.0. The second-order valence-electron chi connectivity index (χ2n) is 10.0. The summed E-state index contributed by atoms with van der Waals surface area (Å²) >= 11 is 0. The second-order valence-corrected chi connectivity index (χ2v) is 10.0. The van der Waals surface area contributed by atoms with Gasteiger partial charge in [0.2, 0.25) is 0 Å². The van der Waals surface area contributed by atoms with Crippen LogP contribution in [0.1, 0.15) is 65.7 Å². The first kappa shape index (κ1) is 19.1. The summed E-state index contributed by atoms with van der Waals surface area (Å²) in [7, 11) is 0. The molecule has 0 aromatic heterocycles. The van der Waals surface area contributed by atoms with E-state index in [1.807, 2.05) is 6.92 Å². The first-order valence-corrected chi connectivity index (χ1v) is 10.3. The third-order valence-electron chi connectivity index (χ3n) is 9.01. The highest BCUT2D eigenvalue weighted by molar-refractivity contribution is 5.66. The second kappa shape index (κ2) is 5.90. The summed E-state index contributed by atoms with van der Waals surface area (Å²) in [6.07, 6.45) is 8.39. The molecule has 4 rings (SSSR count). The number of aliphatic hydroxyl groups excluding tert-OH is 1. The normalized spacial score (nSPS) is 51.0. The Hall–Kier alpha value is -1.20. The van der Waals surface area contributed by atoms with Crippen LogP contribution < -0.4 is 0 Å². The molecule has 0 aromatic rings. The van der Waals surface area contributed by atoms with E-state index in [9.17, 15) is 19.8 Å². The standard InChI is InChI=1S/C22H32O5/c1-14(24)27-13-22(26)9-8-21-11-16(22)10-15(21)4-5-17-19(2,12-23)18(25)6-7-20(17,21)3/h10,12,16-18,25-26H,4-9,11,13H2,1-3H3. The van der Waals surface area contributed by atoms with Crippen molar-refractivity contribution in [2.45, 2.75) is 77.4 Å². The maximum Gasteiger partial charge on any atom is 0.302 e. The molecule has 2 bridgehead atoms. The summed E-state index contributed by atoms with van der Waals surface area (Å²) in [5, 5.41) is 21.8. The molecule has 27 heavy (non-hydrogen) atoms. The van der Waals surface area contributed by atoms with Gasteiger partial charge in [0.25, 0.3) is 0 Å². The fourth-order valence-electron chi connectivity index (χ4n) is 7.31. The number of fused-ring (bicyclic) bond motifs is 2. The number of hydrogen-bond donors (Lipinski definition) is 2. The fourth-order valence-corrected chi connectivity index (χ4v) is 7.31. The number of esters is 1. The minimum atomic E-state index is -0.991. The van der Waals surface area contributed by atoms with Gasteiger partial charge in [0, 0.05) is 12.8 Å². The monoisotopic (exact) mass is 376 g/mol. The van der Waals surface area contributed by atoms with E-state index >= 15 is 0 Å². The van der Waals surface area contributed by atoms with Crippen molar-refractivity contribution in [2.24, 2.45) is 28.1 Å². The number of ether oxygens (including phenoxy) is 1. The van der Waals surface area contributed by atoms with Crippen molar-refractivity contribution >= 4 is 12.3 Å². The Morgan fingerprint density at radius 2 is 2.04 bits per heavy atom. The quantitative estimate of drug-likeness (QED) is 0.450. The molecule has 0 aliphatic heterocycles. The van der Waals surface area contributed by atoms with Crippen molar-refractivity contribution in [3.63, 3.8) is 0 Å². The summed E-state index contributed by atoms with van der Waals surface area (Å²) in [6.45, 7) is 5.68. The highest BCUT2D eigenvalue weighted by Gasteiger charge is 2.68. The van der Waals surface area contributed by atoms with Gasteiger partial charge in [-0.2, -0.15) is 0 Å². The molecule has 7 atom stereocenters. The molecule has 0 amide bonds. The Morgan fingerprint density at radius 1 is 1.30 bits per heavy atom. The predicted molar refractivity (Wildman–Crippen MR) is 99.7 cm³/mol. The minimum Gasteiger partial charge on any atom is -0.463 e. The zero-order valence-corrected chi connectivity index (χ0v) is 16.7. The number of allylic oxidation sites excluding steroid dienone is 1. The molecular weight excluding hydrogens is 344 g/mol. The van der Waals surface area contributed by atoms with Crippen molar-refractivity contribution < 1.29 is 24.5 Å². The van der Waals surface area contributed by atoms with Crippen LogP contribution >= 0.6 is 0 Å². The molecule has 1 spiro atoms. The lowest BCUT2D eigenvalue weighted by molar-refractivity contribution is -0.186. The van der Waals surface area contributed by atoms with Crippen LogP contribution in [0.25, 0.3) is 0 Å². The van der Waals surface area contributed by atoms with Crippen molar-refractivity contribution in [1.82, 2.24) is 0 Å². The Morgan fingerprint density at radius 3 is 2.70 bits per heavy atom. The summed E-state index contributed by atoms with van der Waals surface area (Å²) in [6, 6.07) is 0. The average molecular weight is 376 g/mol. The molecule has 150 valence electrons. The zero-order chi connectivity index (χ0) is 19.7.